The largest absolute Gasteiger partial charge is 0.445 e. The lowest BCUT2D eigenvalue weighted by molar-refractivity contribution is 0.584. The molecule has 2 heteroatoms. The first kappa shape index (κ1) is 12.7. The van der Waals surface area contributed by atoms with Gasteiger partial charge < -0.3 is 4.42 Å². The van der Waals surface area contributed by atoms with E-state index in [2.05, 4.69) is 52.8 Å². The topological polar surface area (TPSA) is 36.9 Å². The van der Waals surface area contributed by atoms with Crippen LogP contribution in [0.5, 0.6) is 0 Å². The number of nitriles is 1. The molecule has 2 nitrogen and oxygen atoms in total. The van der Waals surface area contributed by atoms with Crippen LogP contribution in [0.15, 0.2) is 22.6 Å². The predicted octanol–water partition coefficient (Wildman–Crippen LogP) is 4.73. The van der Waals surface area contributed by atoms with Crippen LogP contribution in [-0.4, -0.2) is 0 Å². The average molecular weight is 241 g/mol. The zero-order valence-electron chi connectivity index (χ0n) is 11.7. The van der Waals surface area contributed by atoms with Gasteiger partial charge in [-0.1, -0.05) is 40.7 Å². The Kier molecular flexibility index (Phi) is 2.94. The number of rotatable bonds is 1. The highest BCUT2D eigenvalue weighted by atomic mass is 16.3. The first-order valence-corrected chi connectivity index (χ1v) is 6.31. The summed E-state index contributed by atoms with van der Waals surface area (Å²) in [4.78, 5) is 0. The van der Waals surface area contributed by atoms with E-state index in [0.29, 0.717) is 5.76 Å². The molecule has 0 radical (unpaired) electrons. The molecule has 0 aliphatic carbocycles. The quantitative estimate of drug-likeness (QED) is 0.724. The van der Waals surface area contributed by atoms with Gasteiger partial charge in [0.05, 0.1) is 0 Å². The van der Waals surface area contributed by atoms with Crippen LogP contribution < -0.4 is 0 Å². The second kappa shape index (κ2) is 4.17. The third-order valence-electron chi connectivity index (χ3n) is 3.27. The van der Waals surface area contributed by atoms with Gasteiger partial charge in [-0.2, -0.15) is 5.26 Å². The zero-order chi connectivity index (χ0) is 13.5. The molecule has 0 fully saturated rings. The molecule has 0 saturated carbocycles. The molecule has 0 bridgehead atoms. The number of hydrogen-bond donors (Lipinski definition) is 0. The molecule has 94 valence electrons. The number of nitrogens with zero attached hydrogens (tertiary/aromatic N) is 1. The van der Waals surface area contributed by atoms with E-state index in [1.165, 1.54) is 5.56 Å². The van der Waals surface area contributed by atoms with Crippen LogP contribution in [0.4, 0.5) is 0 Å². The van der Waals surface area contributed by atoms with Gasteiger partial charge in [0.2, 0.25) is 5.76 Å². The van der Waals surface area contributed by atoms with Crippen molar-refractivity contribution >= 4 is 11.0 Å². The van der Waals surface area contributed by atoms with Crippen molar-refractivity contribution in [1.82, 2.24) is 0 Å². The van der Waals surface area contributed by atoms with Crippen LogP contribution >= 0.6 is 0 Å². The smallest absolute Gasteiger partial charge is 0.208 e. The van der Waals surface area contributed by atoms with Crippen molar-refractivity contribution < 1.29 is 4.42 Å². The maximum Gasteiger partial charge on any atom is 0.208 e. The second-order valence-electron chi connectivity index (χ2n) is 6.07. The van der Waals surface area contributed by atoms with Crippen molar-refractivity contribution in [2.75, 3.05) is 0 Å². The van der Waals surface area contributed by atoms with Crippen LogP contribution in [0.25, 0.3) is 11.0 Å². The summed E-state index contributed by atoms with van der Waals surface area (Å²) in [7, 11) is 0. The minimum atomic E-state index is 0.104. The van der Waals surface area contributed by atoms with Crippen molar-refractivity contribution in [1.29, 1.82) is 5.26 Å². The van der Waals surface area contributed by atoms with E-state index in [9.17, 15) is 0 Å². The minimum Gasteiger partial charge on any atom is -0.445 e. The van der Waals surface area contributed by atoms with E-state index in [4.69, 9.17) is 9.68 Å². The van der Waals surface area contributed by atoms with Gasteiger partial charge >= 0.3 is 0 Å². The lowest BCUT2D eigenvalue weighted by Gasteiger charge is -2.19. The van der Waals surface area contributed by atoms with E-state index in [0.717, 1.165) is 16.5 Å². The highest BCUT2D eigenvalue weighted by molar-refractivity contribution is 5.84. The van der Waals surface area contributed by atoms with Gasteiger partial charge in [-0.15, -0.1) is 0 Å². The van der Waals surface area contributed by atoms with E-state index < -0.39 is 0 Å². The van der Waals surface area contributed by atoms with E-state index in [1.807, 2.05) is 6.07 Å². The molecule has 0 atom stereocenters. The van der Waals surface area contributed by atoms with E-state index >= 15 is 0 Å². The standard InChI is InChI=1S/C16H19NO/c1-10(2)15-12-8-11(16(3,4)5)6-7-13(12)18-14(15)9-17/h6-8,10H,1-5H3. The molecule has 0 amide bonds. The van der Waals surface area contributed by atoms with Gasteiger partial charge in [0, 0.05) is 10.9 Å². The summed E-state index contributed by atoms with van der Waals surface area (Å²) in [5, 5.41) is 10.2. The number of hydrogen-bond acceptors (Lipinski definition) is 2. The molecule has 1 aromatic heterocycles. The molecular formula is C16H19NO. The van der Waals surface area contributed by atoms with Crippen molar-refractivity contribution in [2.24, 2.45) is 0 Å². The fourth-order valence-corrected chi connectivity index (χ4v) is 2.24. The van der Waals surface area contributed by atoms with Crippen molar-refractivity contribution in [2.45, 2.75) is 46.0 Å². The lowest BCUT2D eigenvalue weighted by Crippen LogP contribution is -2.10. The normalized spacial score (nSPS) is 12.1. The molecule has 0 unspecified atom stereocenters. The molecule has 1 aromatic carbocycles. The van der Waals surface area contributed by atoms with Gasteiger partial charge in [-0.25, -0.2) is 0 Å². The Hall–Kier alpha value is -1.75. The molecule has 0 saturated heterocycles. The summed E-state index contributed by atoms with van der Waals surface area (Å²) in [6.07, 6.45) is 0. The summed E-state index contributed by atoms with van der Waals surface area (Å²) >= 11 is 0. The number of furan rings is 1. The molecule has 18 heavy (non-hydrogen) atoms. The Bertz CT molecular complexity index is 621. The highest BCUT2D eigenvalue weighted by Gasteiger charge is 2.20. The molecule has 0 aliphatic rings. The van der Waals surface area contributed by atoms with E-state index in [-0.39, 0.29) is 11.3 Å². The van der Waals surface area contributed by atoms with Gasteiger partial charge in [0.15, 0.2) is 0 Å². The maximum absolute atomic E-state index is 9.15. The molecule has 2 rings (SSSR count). The molecule has 0 aliphatic heterocycles. The first-order valence-electron chi connectivity index (χ1n) is 6.31. The van der Waals surface area contributed by atoms with Crippen LogP contribution in [0, 0.1) is 11.3 Å². The van der Waals surface area contributed by atoms with Crippen LogP contribution in [0.2, 0.25) is 0 Å². The Balaban J connectivity index is 2.76. The van der Waals surface area contributed by atoms with Crippen LogP contribution in [-0.2, 0) is 5.41 Å². The van der Waals surface area contributed by atoms with Crippen LogP contribution in [0.1, 0.15) is 57.4 Å². The third-order valence-corrected chi connectivity index (χ3v) is 3.27. The van der Waals surface area contributed by atoms with Crippen LogP contribution in [0.3, 0.4) is 0 Å². The van der Waals surface area contributed by atoms with Crippen molar-refractivity contribution in [3.63, 3.8) is 0 Å². The molecule has 0 N–H and O–H groups in total. The monoisotopic (exact) mass is 241 g/mol. The average Bonchev–Trinajstić information content (AvgIpc) is 2.64. The summed E-state index contributed by atoms with van der Waals surface area (Å²) in [6, 6.07) is 8.37. The Morgan fingerprint density at radius 3 is 2.39 bits per heavy atom. The Labute approximate surface area is 108 Å². The number of fused-ring (bicyclic) bond motifs is 1. The second-order valence-corrected chi connectivity index (χ2v) is 6.07. The Morgan fingerprint density at radius 2 is 1.89 bits per heavy atom. The first-order chi connectivity index (χ1) is 8.34. The minimum absolute atomic E-state index is 0.104. The van der Waals surface area contributed by atoms with E-state index in [1.54, 1.807) is 0 Å². The summed E-state index contributed by atoms with van der Waals surface area (Å²) in [5.41, 5.74) is 3.20. The molecule has 1 heterocycles. The lowest BCUT2D eigenvalue weighted by atomic mass is 9.85. The SMILES string of the molecule is CC(C)c1c(C#N)oc2ccc(C(C)(C)C)cc12. The predicted molar refractivity (Wildman–Crippen MR) is 73.7 cm³/mol. The fourth-order valence-electron chi connectivity index (χ4n) is 2.24. The van der Waals surface area contributed by atoms with Gasteiger partial charge in [-0.05, 0) is 29.0 Å². The number of benzene rings is 1. The zero-order valence-corrected chi connectivity index (χ0v) is 11.7. The van der Waals surface area contributed by atoms with Gasteiger partial charge in [0.25, 0.3) is 0 Å². The summed E-state index contributed by atoms with van der Waals surface area (Å²) in [6.45, 7) is 10.8. The summed E-state index contributed by atoms with van der Waals surface area (Å²) < 4.78 is 5.62. The molecule has 2 aromatic rings. The third kappa shape index (κ3) is 2.01. The fraction of sp³-hybridized carbons (Fsp3) is 0.438. The van der Waals surface area contributed by atoms with Crippen molar-refractivity contribution in [3.8, 4) is 6.07 Å². The summed E-state index contributed by atoms with van der Waals surface area (Å²) in [5.74, 6) is 0.738. The maximum atomic E-state index is 9.15. The molecular weight excluding hydrogens is 222 g/mol. The molecule has 0 spiro atoms. The highest BCUT2D eigenvalue weighted by Crippen LogP contribution is 2.34. The Morgan fingerprint density at radius 1 is 1.22 bits per heavy atom. The van der Waals surface area contributed by atoms with Gasteiger partial charge in [0.1, 0.15) is 11.7 Å². The van der Waals surface area contributed by atoms with Crippen molar-refractivity contribution in [3.05, 3.63) is 35.1 Å². The van der Waals surface area contributed by atoms with Gasteiger partial charge in [-0.3, -0.25) is 0 Å².